The molecular weight excluding hydrogens is 618 g/mol. The molecular formula is C28H23Br2N3O3S. The van der Waals surface area contributed by atoms with E-state index in [9.17, 15) is 9.59 Å². The minimum atomic E-state index is -0.626. The summed E-state index contributed by atoms with van der Waals surface area (Å²) < 4.78 is 9.05. The highest BCUT2D eigenvalue weighted by molar-refractivity contribution is 9.13. The highest BCUT2D eigenvalue weighted by Gasteiger charge is 2.32. The summed E-state index contributed by atoms with van der Waals surface area (Å²) in [6.07, 6.45) is 1.70. The molecule has 0 spiro atoms. The van der Waals surface area contributed by atoms with E-state index in [1.165, 1.54) is 16.9 Å². The number of fused-ring (bicyclic) bond motifs is 1. The van der Waals surface area contributed by atoms with Crippen LogP contribution in [0.3, 0.4) is 0 Å². The monoisotopic (exact) mass is 639 g/mol. The number of hydrogen-bond acceptors (Lipinski definition) is 5. The van der Waals surface area contributed by atoms with Crippen LogP contribution in [0.1, 0.15) is 49.6 Å². The van der Waals surface area contributed by atoms with Gasteiger partial charge in [0.05, 0.1) is 26.3 Å². The average Bonchev–Trinajstić information content (AvgIpc) is 3.35. The number of benzene rings is 2. The largest absolute Gasteiger partial charge is 0.449 e. The lowest BCUT2D eigenvalue weighted by atomic mass is 9.93. The summed E-state index contributed by atoms with van der Waals surface area (Å²) in [5, 5.41) is 2.98. The standard InChI is InChI=1S/C28H23Br2N3O3S/c1-15(2)17-9-11-18(12-10-17)24-23(26(34)32-19-7-5-4-6-8-19)16(3)31-28-33(24)27(35)22(37-28)14-20-13-21(29)25(30)36-20/h4-15,24H,1-3H3,(H,32,34)/b22-14+/t24-/m0/s1. The first-order valence-electron chi connectivity index (χ1n) is 11.7. The van der Waals surface area contributed by atoms with E-state index >= 15 is 0 Å². The first-order valence-corrected chi connectivity index (χ1v) is 14.1. The van der Waals surface area contributed by atoms with Gasteiger partial charge in [0.1, 0.15) is 5.76 Å². The fraction of sp³-hybridized carbons (Fsp3) is 0.179. The van der Waals surface area contributed by atoms with Crippen LogP contribution in [0, 0.1) is 0 Å². The summed E-state index contributed by atoms with van der Waals surface area (Å²) in [4.78, 5) is 32.6. The summed E-state index contributed by atoms with van der Waals surface area (Å²) in [6.45, 7) is 6.08. The second-order valence-corrected chi connectivity index (χ2v) is 11.6. The van der Waals surface area contributed by atoms with Crippen molar-refractivity contribution < 1.29 is 9.21 Å². The number of amides is 1. The number of carbonyl (C=O) groups is 1. The Hall–Kier alpha value is -3.01. The van der Waals surface area contributed by atoms with Crippen LogP contribution in [0.5, 0.6) is 0 Å². The number of nitrogens with one attached hydrogen (secondary N) is 1. The fourth-order valence-corrected chi connectivity index (χ4v) is 5.91. The number of nitrogens with zero attached hydrogens (tertiary/aromatic N) is 2. The number of rotatable bonds is 5. The first-order chi connectivity index (χ1) is 17.7. The number of hydrogen-bond donors (Lipinski definition) is 1. The van der Waals surface area contributed by atoms with E-state index in [1.807, 2.05) is 49.4 Å². The van der Waals surface area contributed by atoms with E-state index in [1.54, 1.807) is 16.7 Å². The molecule has 188 valence electrons. The second kappa shape index (κ2) is 10.4. The number of carbonyl (C=O) groups excluding carboxylic acids is 1. The lowest BCUT2D eigenvalue weighted by Gasteiger charge is -2.25. The zero-order chi connectivity index (χ0) is 26.3. The van der Waals surface area contributed by atoms with Gasteiger partial charge in [0.15, 0.2) is 9.47 Å². The lowest BCUT2D eigenvalue weighted by Crippen LogP contribution is -2.40. The number of thiazole rings is 1. The molecule has 1 aliphatic rings. The Labute approximate surface area is 234 Å². The van der Waals surface area contributed by atoms with E-state index in [2.05, 4.69) is 68.1 Å². The van der Waals surface area contributed by atoms with Gasteiger partial charge in [-0.25, -0.2) is 4.99 Å². The van der Waals surface area contributed by atoms with Crippen molar-refractivity contribution in [3.05, 3.63) is 118 Å². The van der Waals surface area contributed by atoms with Crippen molar-refractivity contribution in [1.29, 1.82) is 0 Å². The summed E-state index contributed by atoms with van der Waals surface area (Å²) in [6, 6.07) is 18.5. The highest BCUT2D eigenvalue weighted by Crippen LogP contribution is 2.32. The van der Waals surface area contributed by atoms with Gasteiger partial charge < -0.3 is 9.73 Å². The molecule has 1 N–H and O–H groups in total. The molecule has 2 aromatic carbocycles. The molecule has 2 aromatic heterocycles. The SMILES string of the molecule is CC1=C(C(=O)Nc2ccccc2)[C@H](c2ccc(C(C)C)cc2)n2c(s/c(=C/c3cc(Br)c(Br)o3)c2=O)=N1. The maximum Gasteiger partial charge on any atom is 0.271 e. The first kappa shape index (κ1) is 25.6. The van der Waals surface area contributed by atoms with Gasteiger partial charge in [-0.05, 0) is 74.0 Å². The molecule has 9 heteroatoms. The molecule has 0 saturated carbocycles. The maximum atomic E-state index is 13.8. The van der Waals surface area contributed by atoms with Gasteiger partial charge in [-0.3, -0.25) is 14.2 Å². The van der Waals surface area contributed by atoms with E-state index in [-0.39, 0.29) is 11.5 Å². The van der Waals surface area contributed by atoms with Crippen LogP contribution < -0.4 is 20.2 Å². The molecule has 0 bridgehead atoms. The molecule has 1 aliphatic heterocycles. The van der Waals surface area contributed by atoms with Crippen molar-refractivity contribution >= 4 is 60.9 Å². The van der Waals surface area contributed by atoms with Crippen molar-refractivity contribution in [1.82, 2.24) is 4.57 Å². The summed E-state index contributed by atoms with van der Waals surface area (Å²) in [7, 11) is 0. The molecule has 3 heterocycles. The predicted molar refractivity (Wildman–Crippen MR) is 153 cm³/mol. The van der Waals surface area contributed by atoms with Crippen molar-refractivity contribution in [3.63, 3.8) is 0 Å². The van der Waals surface area contributed by atoms with Gasteiger partial charge in [0.25, 0.3) is 11.5 Å². The van der Waals surface area contributed by atoms with Crippen LogP contribution in [-0.4, -0.2) is 10.5 Å². The van der Waals surface area contributed by atoms with Crippen LogP contribution in [0.4, 0.5) is 5.69 Å². The van der Waals surface area contributed by atoms with Crippen molar-refractivity contribution in [2.24, 2.45) is 4.99 Å². The molecule has 0 aliphatic carbocycles. The van der Waals surface area contributed by atoms with Crippen LogP contribution in [0.2, 0.25) is 0 Å². The minimum Gasteiger partial charge on any atom is -0.449 e. The molecule has 4 aromatic rings. The molecule has 0 unspecified atom stereocenters. The lowest BCUT2D eigenvalue weighted by molar-refractivity contribution is -0.113. The molecule has 6 nitrogen and oxygen atoms in total. The molecule has 5 rings (SSSR count). The quantitative estimate of drug-likeness (QED) is 0.286. The Balaban J connectivity index is 1.67. The maximum absolute atomic E-state index is 13.8. The number of aromatic nitrogens is 1. The van der Waals surface area contributed by atoms with E-state index in [4.69, 9.17) is 4.42 Å². The van der Waals surface area contributed by atoms with E-state index in [0.717, 1.165) is 10.0 Å². The Bertz CT molecular complexity index is 1680. The number of anilines is 1. The third-order valence-electron chi connectivity index (χ3n) is 6.15. The zero-order valence-corrected chi connectivity index (χ0v) is 24.3. The summed E-state index contributed by atoms with van der Waals surface area (Å²) in [5.74, 6) is 0.597. The van der Waals surface area contributed by atoms with Gasteiger partial charge in [0.2, 0.25) is 0 Å². The number of allylic oxidation sites excluding steroid dienone is 1. The van der Waals surface area contributed by atoms with Crippen molar-refractivity contribution in [2.75, 3.05) is 5.32 Å². The van der Waals surface area contributed by atoms with Gasteiger partial charge in [-0.2, -0.15) is 0 Å². The van der Waals surface area contributed by atoms with E-state index < -0.39 is 6.04 Å². The molecule has 0 saturated heterocycles. The third-order valence-corrected chi connectivity index (χ3v) is 8.85. The van der Waals surface area contributed by atoms with Gasteiger partial charge in [-0.15, -0.1) is 0 Å². The minimum absolute atomic E-state index is 0.233. The van der Waals surface area contributed by atoms with E-state index in [0.29, 0.717) is 42.6 Å². The van der Waals surface area contributed by atoms with Gasteiger partial charge in [-0.1, -0.05) is 67.6 Å². The number of halogens is 2. The third kappa shape index (κ3) is 5.08. The number of para-hydroxylation sites is 1. The summed E-state index contributed by atoms with van der Waals surface area (Å²) in [5.41, 5.74) is 3.47. The molecule has 37 heavy (non-hydrogen) atoms. The van der Waals surface area contributed by atoms with Crippen LogP contribution in [-0.2, 0) is 4.79 Å². The van der Waals surface area contributed by atoms with Crippen LogP contribution >= 0.6 is 43.2 Å². The topological polar surface area (TPSA) is 76.6 Å². The average molecular weight is 641 g/mol. The molecule has 0 fully saturated rings. The Morgan fingerprint density at radius 1 is 1.14 bits per heavy atom. The molecule has 0 radical (unpaired) electrons. The highest BCUT2D eigenvalue weighted by atomic mass is 79.9. The van der Waals surface area contributed by atoms with Crippen molar-refractivity contribution in [2.45, 2.75) is 32.7 Å². The fourth-order valence-electron chi connectivity index (χ4n) is 4.27. The second-order valence-electron chi connectivity index (χ2n) is 8.99. The van der Waals surface area contributed by atoms with Crippen LogP contribution in [0.15, 0.2) is 95.3 Å². The Morgan fingerprint density at radius 2 is 1.84 bits per heavy atom. The van der Waals surface area contributed by atoms with Crippen LogP contribution in [0.25, 0.3) is 6.08 Å². The Kier molecular flexibility index (Phi) is 7.20. The summed E-state index contributed by atoms with van der Waals surface area (Å²) >= 11 is 8.02. The zero-order valence-electron chi connectivity index (χ0n) is 20.3. The van der Waals surface area contributed by atoms with Gasteiger partial charge in [0, 0.05) is 11.8 Å². The number of furan rings is 1. The normalized spacial score (nSPS) is 15.6. The predicted octanol–water partition coefficient (Wildman–Crippen LogP) is 6.12. The van der Waals surface area contributed by atoms with Gasteiger partial charge >= 0.3 is 0 Å². The smallest absolute Gasteiger partial charge is 0.271 e. The molecule has 1 amide bonds. The molecule has 1 atom stereocenters. The Morgan fingerprint density at radius 3 is 2.46 bits per heavy atom. The van der Waals surface area contributed by atoms with Crippen molar-refractivity contribution in [3.8, 4) is 0 Å².